The SMILES string of the molecule is COc1ccc(NC(=O)NCCc2nc(-c3ccc([N+](=O)[O-])cc3)cs2)cc1. The Hall–Kier alpha value is -3.46. The van der Waals surface area contributed by atoms with Crippen molar-refractivity contribution in [2.24, 2.45) is 0 Å². The highest BCUT2D eigenvalue weighted by atomic mass is 32.1. The highest BCUT2D eigenvalue weighted by molar-refractivity contribution is 7.09. The van der Waals surface area contributed by atoms with Crippen molar-refractivity contribution in [3.8, 4) is 17.0 Å². The van der Waals surface area contributed by atoms with Gasteiger partial charge in [0.05, 0.1) is 22.7 Å². The number of anilines is 1. The summed E-state index contributed by atoms with van der Waals surface area (Å²) in [5.74, 6) is 0.721. The zero-order valence-corrected chi connectivity index (χ0v) is 15.9. The summed E-state index contributed by atoms with van der Waals surface area (Å²) in [7, 11) is 1.58. The van der Waals surface area contributed by atoms with Gasteiger partial charge in [0.1, 0.15) is 5.75 Å². The lowest BCUT2D eigenvalue weighted by Gasteiger charge is -2.07. The number of nitrogens with one attached hydrogen (secondary N) is 2. The number of hydrogen-bond acceptors (Lipinski definition) is 6. The van der Waals surface area contributed by atoms with Gasteiger partial charge in [-0.1, -0.05) is 0 Å². The van der Waals surface area contributed by atoms with Crippen LogP contribution in [0.3, 0.4) is 0 Å². The Morgan fingerprint density at radius 2 is 1.89 bits per heavy atom. The maximum atomic E-state index is 11.9. The van der Waals surface area contributed by atoms with E-state index < -0.39 is 4.92 Å². The number of hydrogen-bond donors (Lipinski definition) is 2. The molecule has 2 aromatic carbocycles. The molecule has 0 aliphatic rings. The number of aromatic nitrogens is 1. The summed E-state index contributed by atoms with van der Waals surface area (Å²) in [6.07, 6.45) is 0.591. The molecule has 0 spiro atoms. The minimum absolute atomic E-state index is 0.0475. The highest BCUT2D eigenvalue weighted by Crippen LogP contribution is 2.24. The van der Waals surface area contributed by atoms with Gasteiger partial charge in [-0.2, -0.15) is 0 Å². The van der Waals surface area contributed by atoms with E-state index in [4.69, 9.17) is 4.74 Å². The fraction of sp³-hybridized carbons (Fsp3) is 0.158. The Bertz CT molecular complexity index is 955. The van der Waals surface area contributed by atoms with Crippen molar-refractivity contribution >= 4 is 28.7 Å². The second-order valence-electron chi connectivity index (χ2n) is 5.79. The first kappa shape index (κ1) is 19.3. The van der Waals surface area contributed by atoms with Gasteiger partial charge in [0.15, 0.2) is 0 Å². The summed E-state index contributed by atoms with van der Waals surface area (Å²) in [4.78, 5) is 26.7. The fourth-order valence-corrected chi connectivity index (χ4v) is 3.25. The molecule has 8 nitrogen and oxygen atoms in total. The van der Waals surface area contributed by atoms with Gasteiger partial charge in [0.25, 0.3) is 5.69 Å². The largest absolute Gasteiger partial charge is 0.497 e. The van der Waals surface area contributed by atoms with Gasteiger partial charge < -0.3 is 15.4 Å². The number of amides is 2. The van der Waals surface area contributed by atoms with Crippen LogP contribution < -0.4 is 15.4 Å². The molecule has 28 heavy (non-hydrogen) atoms. The summed E-state index contributed by atoms with van der Waals surface area (Å²) in [5, 5.41) is 19.0. The van der Waals surface area contributed by atoms with Crippen LogP contribution in [0.1, 0.15) is 5.01 Å². The Labute approximate surface area is 165 Å². The van der Waals surface area contributed by atoms with Crippen LogP contribution in [-0.4, -0.2) is 29.6 Å². The van der Waals surface area contributed by atoms with E-state index in [1.807, 2.05) is 5.38 Å². The minimum atomic E-state index is -0.432. The summed E-state index contributed by atoms with van der Waals surface area (Å²) >= 11 is 1.48. The number of ether oxygens (including phenoxy) is 1. The lowest BCUT2D eigenvalue weighted by molar-refractivity contribution is -0.384. The smallest absolute Gasteiger partial charge is 0.319 e. The molecule has 144 valence electrons. The first-order valence-corrected chi connectivity index (χ1v) is 9.31. The molecule has 0 saturated carbocycles. The van der Waals surface area contributed by atoms with Crippen LogP contribution in [0, 0.1) is 10.1 Å². The van der Waals surface area contributed by atoms with Crippen molar-refractivity contribution in [3.05, 3.63) is 69.0 Å². The molecule has 3 rings (SSSR count). The maximum Gasteiger partial charge on any atom is 0.319 e. The standard InChI is InChI=1S/C19H18N4O4S/c1-27-16-8-4-14(5-9-16)21-19(24)20-11-10-18-22-17(12-28-18)13-2-6-15(7-3-13)23(25)26/h2-9,12H,10-11H2,1H3,(H2,20,21,24). The van der Waals surface area contributed by atoms with Crippen molar-refractivity contribution in [2.75, 3.05) is 19.0 Å². The second-order valence-corrected chi connectivity index (χ2v) is 6.73. The molecule has 0 atom stereocenters. The number of thiazole rings is 1. The number of non-ortho nitro benzene ring substituents is 1. The number of nitro groups is 1. The van der Waals surface area contributed by atoms with Crippen LogP contribution in [0.25, 0.3) is 11.3 Å². The number of nitro benzene ring substituents is 1. The number of rotatable bonds is 7. The average molecular weight is 398 g/mol. The monoisotopic (exact) mass is 398 g/mol. The van der Waals surface area contributed by atoms with Gasteiger partial charge in [-0.3, -0.25) is 10.1 Å². The molecule has 1 heterocycles. The molecule has 0 unspecified atom stereocenters. The number of carbonyl (C=O) groups is 1. The van der Waals surface area contributed by atoms with Crippen LogP contribution in [0.2, 0.25) is 0 Å². The van der Waals surface area contributed by atoms with Crippen LogP contribution in [0.4, 0.5) is 16.2 Å². The predicted molar refractivity (Wildman–Crippen MR) is 108 cm³/mol. The number of methoxy groups -OCH3 is 1. The lowest BCUT2D eigenvalue weighted by Crippen LogP contribution is -2.30. The van der Waals surface area contributed by atoms with Gasteiger partial charge in [-0.15, -0.1) is 11.3 Å². The third-order valence-electron chi connectivity index (χ3n) is 3.90. The summed E-state index contributed by atoms with van der Waals surface area (Å²) in [6.45, 7) is 0.440. The van der Waals surface area contributed by atoms with Crippen molar-refractivity contribution < 1.29 is 14.5 Å². The Morgan fingerprint density at radius 1 is 1.18 bits per heavy atom. The van der Waals surface area contributed by atoms with E-state index in [1.165, 1.54) is 23.5 Å². The van der Waals surface area contributed by atoms with Gasteiger partial charge in [0.2, 0.25) is 0 Å². The number of carbonyl (C=O) groups excluding carboxylic acids is 1. The minimum Gasteiger partial charge on any atom is -0.497 e. The molecule has 3 aromatic rings. The number of urea groups is 1. The van der Waals surface area contributed by atoms with E-state index in [-0.39, 0.29) is 11.7 Å². The quantitative estimate of drug-likeness (QED) is 0.460. The Kier molecular flexibility index (Phi) is 6.18. The van der Waals surface area contributed by atoms with E-state index in [0.717, 1.165) is 22.0 Å². The Balaban J connectivity index is 1.48. The molecular formula is C19H18N4O4S. The highest BCUT2D eigenvalue weighted by Gasteiger charge is 2.09. The molecule has 1 aromatic heterocycles. The molecule has 0 fully saturated rings. The topological polar surface area (TPSA) is 106 Å². The van der Waals surface area contributed by atoms with Crippen LogP contribution >= 0.6 is 11.3 Å². The fourth-order valence-electron chi connectivity index (χ4n) is 2.44. The molecule has 9 heteroatoms. The molecule has 2 amide bonds. The first-order chi connectivity index (χ1) is 13.5. The molecule has 0 radical (unpaired) electrons. The van der Waals surface area contributed by atoms with Crippen molar-refractivity contribution in [3.63, 3.8) is 0 Å². The summed E-state index contributed by atoms with van der Waals surface area (Å²) < 4.78 is 5.07. The molecule has 0 aliphatic heterocycles. The van der Waals surface area contributed by atoms with Crippen molar-refractivity contribution in [2.45, 2.75) is 6.42 Å². The zero-order chi connectivity index (χ0) is 19.9. The van der Waals surface area contributed by atoms with Gasteiger partial charge >= 0.3 is 6.03 Å². The van der Waals surface area contributed by atoms with Gasteiger partial charge in [-0.25, -0.2) is 9.78 Å². The van der Waals surface area contributed by atoms with Crippen molar-refractivity contribution in [1.29, 1.82) is 0 Å². The number of nitrogens with zero attached hydrogens (tertiary/aromatic N) is 2. The first-order valence-electron chi connectivity index (χ1n) is 8.43. The van der Waals surface area contributed by atoms with Crippen LogP contribution in [0.5, 0.6) is 5.75 Å². The third-order valence-corrected chi connectivity index (χ3v) is 4.81. The predicted octanol–water partition coefficient (Wildman–Crippen LogP) is 4.09. The van der Waals surface area contributed by atoms with E-state index in [0.29, 0.717) is 18.7 Å². The molecule has 2 N–H and O–H groups in total. The van der Waals surface area contributed by atoms with E-state index in [2.05, 4.69) is 15.6 Å². The van der Waals surface area contributed by atoms with E-state index >= 15 is 0 Å². The van der Waals surface area contributed by atoms with Crippen molar-refractivity contribution in [1.82, 2.24) is 10.3 Å². The normalized spacial score (nSPS) is 10.3. The average Bonchev–Trinajstić information content (AvgIpc) is 3.17. The van der Waals surface area contributed by atoms with Gasteiger partial charge in [-0.05, 0) is 36.4 Å². The molecule has 0 bridgehead atoms. The van der Waals surface area contributed by atoms with E-state index in [1.54, 1.807) is 43.5 Å². The van der Waals surface area contributed by atoms with E-state index in [9.17, 15) is 14.9 Å². The maximum absolute atomic E-state index is 11.9. The lowest BCUT2D eigenvalue weighted by atomic mass is 10.1. The molecular weight excluding hydrogens is 380 g/mol. The molecule has 0 saturated heterocycles. The third kappa shape index (κ3) is 5.04. The number of benzene rings is 2. The second kappa shape index (κ2) is 8.96. The van der Waals surface area contributed by atoms with Gasteiger partial charge in [0, 0.05) is 41.7 Å². The summed E-state index contributed by atoms with van der Waals surface area (Å²) in [6, 6.07) is 13.0. The van der Waals surface area contributed by atoms with Crippen LogP contribution in [0.15, 0.2) is 53.9 Å². The Morgan fingerprint density at radius 3 is 2.54 bits per heavy atom. The van der Waals surface area contributed by atoms with Crippen LogP contribution in [-0.2, 0) is 6.42 Å². The zero-order valence-electron chi connectivity index (χ0n) is 15.0. The summed E-state index contributed by atoms with van der Waals surface area (Å²) in [5.41, 5.74) is 2.30. The molecule has 0 aliphatic carbocycles.